The van der Waals surface area contributed by atoms with Gasteiger partial charge in [0.1, 0.15) is 5.78 Å². The van der Waals surface area contributed by atoms with Gasteiger partial charge in [0.25, 0.3) is 0 Å². The van der Waals surface area contributed by atoms with Gasteiger partial charge in [0.15, 0.2) is 0 Å². The first-order chi connectivity index (χ1) is 6.26. The van der Waals surface area contributed by atoms with Crippen LogP contribution < -0.4 is 0 Å². The van der Waals surface area contributed by atoms with Gasteiger partial charge in [-0.05, 0) is 25.7 Å². The molecule has 2 heteroatoms. The number of hydrogen-bond donors (Lipinski definition) is 1. The third-order valence-electron chi connectivity index (χ3n) is 3.82. The summed E-state index contributed by atoms with van der Waals surface area (Å²) < 4.78 is 0. The Kier molecular flexibility index (Phi) is 2.41. The third-order valence-corrected chi connectivity index (χ3v) is 3.82. The minimum absolute atomic E-state index is 0.309. The highest BCUT2D eigenvalue weighted by Gasteiger charge is 2.46. The average molecular weight is 182 g/mol. The van der Waals surface area contributed by atoms with Gasteiger partial charge >= 0.3 is 0 Å². The molecule has 2 unspecified atom stereocenters. The third kappa shape index (κ3) is 1.41. The Hall–Kier alpha value is -0.370. The van der Waals surface area contributed by atoms with Gasteiger partial charge in [-0.3, -0.25) is 4.79 Å². The quantitative estimate of drug-likeness (QED) is 0.622. The van der Waals surface area contributed by atoms with Crippen LogP contribution in [0.3, 0.4) is 0 Å². The van der Waals surface area contributed by atoms with Gasteiger partial charge in [-0.1, -0.05) is 19.3 Å². The van der Waals surface area contributed by atoms with E-state index in [-0.39, 0.29) is 11.5 Å². The van der Waals surface area contributed by atoms with E-state index in [4.69, 9.17) is 0 Å². The summed E-state index contributed by atoms with van der Waals surface area (Å²) >= 11 is 0. The lowest BCUT2D eigenvalue weighted by atomic mass is 9.63. The van der Waals surface area contributed by atoms with Crippen LogP contribution in [-0.2, 0) is 4.79 Å². The van der Waals surface area contributed by atoms with Gasteiger partial charge in [-0.25, -0.2) is 0 Å². The summed E-state index contributed by atoms with van der Waals surface area (Å²) in [4.78, 5) is 11.8. The summed E-state index contributed by atoms with van der Waals surface area (Å²) in [7, 11) is 0. The van der Waals surface area contributed by atoms with Crippen LogP contribution in [0.25, 0.3) is 0 Å². The summed E-state index contributed by atoms with van der Waals surface area (Å²) in [6.45, 7) is 0. The molecule has 2 atom stereocenters. The number of hydrogen-bond acceptors (Lipinski definition) is 2. The zero-order valence-electron chi connectivity index (χ0n) is 8.09. The number of Topliss-reactive ketones (excluding diaryl/α,β-unsaturated/α-hetero) is 1. The van der Waals surface area contributed by atoms with Crippen molar-refractivity contribution in [2.45, 2.75) is 57.5 Å². The van der Waals surface area contributed by atoms with Crippen molar-refractivity contribution in [1.29, 1.82) is 0 Å². The van der Waals surface area contributed by atoms with E-state index in [1.54, 1.807) is 0 Å². The molecular weight excluding hydrogens is 164 g/mol. The van der Waals surface area contributed by atoms with Crippen LogP contribution in [0.15, 0.2) is 0 Å². The normalized spacial score (nSPS) is 41.0. The molecule has 13 heavy (non-hydrogen) atoms. The Morgan fingerprint density at radius 3 is 2.54 bits per heavy atom. The molecule has 0 amide bonds. The molecule has 1 spiro atoms. The molecule has 0 aromatic carbocycles. The molecule has 0 aromatic heterocycles. The van der Waals surface area contributed by atoms with E-state index < -0.39 is 0 Å². The second kappa shape index (κ2) is 3.41. The van der Waals surface area contributed by atoms with E-state index in [0.717, 1.165) is 44.9 Å². The van der Waals surface area contributed by atoms with E-state index in [2.05, 4.69) is 0 Å². The lowest BCUT2D eigenvalue weighted by Gasteiger charge is -2.42. The lowest BCUT2D eigenvalue weighted by molar-refractivity contribution is -0.143. The first-order valence-corrected chi connectivity index (χ1v) is 5.47. The van der Waals surface area contributed by atoms with Crippen molar-refractivity contribution in [3.05, 3.63) is 0 Å². The van der Waals surface area contributed by atoms with Crippen molar-refractivity contribution < 1.29 is 9.90 Å². The molecule has 2 nitrogen and oxygen atoms in total. The Morgan fingerprint density at radius 2 is 1.85 bits per heavy atom. The van der Waals surface area contributed by atoms with Gasteiger partial charge in [0.2, 0.25) is 0 Å². The molecule has 0 aliphatic heterocycles. The fraction of sp³-hybridized carbons (Fsp3) is 0.909. The maximum Gasteiger partial charge on any atom is 0.141 e. The van der Waals surface area contributed by atoms with Crippen LogP contribution in [0, 0.1) is 5.41 Å². The molecule has 0 heterocycles. The van der Waals surface area contributed by atoms with Crippen LogP contribution in [0.4, 0.5) is 0 Å². The molecule has 2 rings (SSSR count). The zero-order chi connectivity index (χ0) is 9.31. The van der Waals surface area contributed by atoms with Crippen LogP contribution >= 0.6 is 0 Å². The van der Waals surface area contributed by atoms with Crippen molar-refractivity contribution in [3.8, 4) is 0 Å². The van der Waals surface area contributed by atoms with E-state index in [1.165, 1.54) is 0 Å². The van der Waals surface area contributed by atoms with Gasteiger partial charge < -0.3 is 5.11 Å². The summed E-state index contributed by atoms with van der Waals surface area (Å²) in [5.74, 6) is 0.339. The zero-order valence-corrected chi connectivity index (χ0v) is 8.09. The molecule has 2 aliphatic rings. The maximum atomic E-state index is 11.8. The minimum atomic E-state index is -0.339. The highest BCUT2D eigenvalue weighted by molar-refractivity contribution is 5.86. The number of carbonyl (C=O) groups is 1. The standard InChI is InChI=1S/C11H18O2/c12-9-5-1-3-7-11(9)8-4-2-6-10(11)13/h9,12H,1-8H2. The van der Waals surface area contributed by atoms with Crippen molar-refractivity contribution in [2.24, 2.45) is 5.41 Å². The highest BCUT2D eigenvalue weighted by Crippen LogP contribution is 2.45. The molecule has 74 valence electrons. The predicted octanol–water partition coefficient (Wildman–Crippen LogP) is 2.05. The number of aliphatic hydroxyl groups excluding tert-OH is 1. The Morgan fingerprint density at radius 1 is 1.15 bits per heavy atom. The maximum absolute atomic E-state index is 11.8. The topological polar surface area (TPSA) is 37.3 Å². The molecule has 0 saturated heterocycles. The second-order valence-electron chi connectivity index (χ2n) is 4.55. The summed E-state index contributed by atoms with van der Waals surface area (Å²) in [6, 6.07) is 0. The molecule has 2 aliphatic carbocycles. The Bertz CT molecular complexity index is 206. The van der Waals surface area contributed by atoms with Crippen molar-refractivity contribution in [3.63, 3.8) is 0 Å². The molecule has 1 N–H and O–H groups in total. The fourth-order valence-corrected chi connectivity index (χ4v) is 2.95. The molecule has 0 bridgehead atoms. The van der Waals surface area contributed by atoms with Crippen LogP contribution in [0.1, 0.15) is 51.4 Å². The SMILES string of the molecule is O=C1CCCCC12CCCCC2O. The van der Waals surface area contributed by atoms with Crippen molar-refractivity contribution in [2.75, 3.05) is 0 Å². The summed E-state index contributed by atoms with van der Waals surface area (Å²) in [6.07, 6.45) is 7.46. The molecule has 0 aromatic rings. The predicted molar refractivity (Wildman–Crippen MR) is 50.4 cm³/mol. The van der Waals surface area contributed by atoms with Gasteiger partial charge in [0, 0.05) is 6.42 Å². The van der Waals surface area contributed by atoms with Crippen molar-refractivity contribution >= 4 is 5.78 Å². The number of carbonyl (C=O) groups excluding carboxylic acids is 1. The lowest BCUT2D eigenvalue weighted by Crippen LogP contribution is -2.46. The molecular formula is C11H18O2. The number of ketones is 1. The summed E-state index contributed by atoms with van der Waals surface area (Å²) in [5.41, 5.74) is -0.309. The first kappa shape index (κ1) is 9.20. The van der Waals surface area contributed by atoms with Crippen LogP contribution in [0.2, 0.25) is 0 Å². The Balaban J connectivity index is 2.18. The largest absolute Gasteiger partial charge is 0.392 e. The van der Waals surface area contributed by atoms with Gasteiger partial charge in [0.05, 0.1) is 11.5 Å². The van der Waals surface area contributed by atoms with E-state index in [1.807, 2.05) is 0 Å². The van der Waals surface area contributed by atoms with Crippen LogP contribution in [0.5, 0.6) is 0 Å². The minimum Gasteiger partial charge on any atom is -0.392 e. The second-order valence-corrected chi connectivity index (χ2v) is 4.55. The van der Waals surface area contributed by atoms with Crippen LogP contribution in [-0.4, -0.2) is 17.0 Å². The smallest absolute Gasteiger partial charge is 0.141 e. The first-order valence-electron chi connectivity index (χ1n) is 5.47. The Labute approximate surface area is 79.3 Å². The van der Waals surface area contributed by atoms with Gasteiger partial charge in [-0.2, -0.15) is 0 Å². The van der Waals surface area contributed by atoms with Gasteiger partial charge in [-0.15, -0.1) is 0 Å². The van der Waals surface area contributed by atoms with E-state index >= 15 is 0 Å². The van der Waals surface area contributed by atoms with E-state index in [0.29, 0.717) is 12.2 Å². The van der Waals surface area contributed by atoms with Crippen molar-refractivity contribution in [1.82, 2.24) is 0 Å². The summed E-state index contributed by atoms with van der Waals surface area (Å²) in [5, 5.41) is 9.93. The number of aliphatic hydroxyl groups is 1. The average Bonchev–Trinajstić information content (AvgIpc) is 2.15. The van der Waals surface area contributed by atoms with E-state index in [9.17, 15) is 9.90 Å². The molecule has 2 saturated carbocycles. The number of rotatable bonds is 0. The highest BCUT2D eigenvalue weighted by atomic mass is 16.3. The molecule has 0 radical (unpaired) electrons. The molecule has 2 fully saturated rings. The fourth-order valence-electron chi connectivity index (χ4n) is 2.95. The monoisotopic (exact) mass is 182 g/mol.